The van der Waals surface area contributed by atoms with Crippen molar-refractivity contribution in [2.75, 3.05) is 13.1 Å². The van der Waals surface area contributed by atoms with E-state index in [1.807, 2.05) is 26.0 Å². The van der Waals surface area contributed by atoms with Crippen molar-refractivity contribution in [1.29, 1.82) is 0 Å². The van der Waals surface area contributed by atoms with Gasteiger partial charge in [0.15, 0.2) is 0 Å². The number of hydrogen-bond donors (Lipinski definition) is 2. The molecule has 148 valence electrons. The van der Waals surface area contributed by atoms with E-state index in [0.29, 0.717) is 25.1 Å². The standard InChI is InChI=1S/C20H24N4O4/c1-12-17(8-9-18(25)26)13(2)24(22-12)16-6-4-15(5-7-16)20(28)23-11-10-21-19(27)14(23)3/h4-7,14H,8-11H2,1-3H3,(H,21,27)(H,25,26). The van der Waals surface area contributed by atoms with Gasteiger partial charge in [0.1, 0.15) is 6.04 Å². The number of aromatic nitrogens is 2. The third-order valence-corrected chi connectivity index (χ3v) is 5.15. The molecule has 1 aromatic carbocycles. The van der Waals surface area contributed by atoms with Crippen LogP contribution >= 0.6 is 0 Å². The van der Waals surface area contributed by atoms with Crippen molar-refractivity contribution >= 4 is 17.8 Å². The highest BCUT2D eigenvalue weighted by Gasteiger charge is 2.29. The average Bonchev–Trinajstić information content (AvgIpc) is 2.95. The van der Waals surface area contributed by atoms with Crippen LogP contribution in [0.5, 0.6) is 0 Å². The lowest BCUT2D eigenvalue weighted by molar-refractivity contribution is -0.137. The van der Waals surface area contributed by atoms with Crippen molar-refractivity contribution in [2.24, 2.45) is 0 Å². The summed E-state index contributed by atoms with van der Waals surface area (Å²) in [4.78, 5) is 37.0. The number of nitrogens with one attached hydrogen (secondary N) is 1. The molecule has 0 spiro atoms. The molecule has 0 bridgehead atoms. The molecule has 0 radical (unpaired) electrons. The van der Waals surface area contributed by atoms with E-state index in [1.54, 1.807) is 28.6 Å². The van der Waals surface area contributed by atoms with Gasteiger partial charge in [-0.3, -0.25) is 14.4 Å². The molecule has 28 heavy (non-hydrogen) atoms. The van der Waals surface area contributed by atoms with Crippen LogP contribution in [0.4, 0.5) is 0 Å². The van der Waals surface area contributed by atoms with Gasteiger partial charge in [-0.15, -0.1) is 0 Å². The van der Waals surface area contributed by atoms with Crippen molar-refractivity contribution in [3.63, 3.8) is 0 Å². The summed E-state index contributed by atoms with van der Waals surface area (Å²) in [5.41, 5.74) is 3.92. The van der Waals surface area contributed by atoms with Crippen molar-refractivity contribution in [2.45, 2.75) is 39.7 Å². The first kappa shape index (κ1) is 19.6. The van der Waals surface area contributed by atoms with Gasteiger partial charge in [-0.1, -0.05) is 0 Å². The van der Waals surface area contributed by atoms with E-state index < -0.39 is 12.0 Å². The lowest BCUT2D eigenvalue weighted by Crippen LogP contribution is -2.55. The van der Waals surface area contributed by atoms with E-state index >= 15 is 0 Å². The number of carbonyl (C=O) groups excluding carboxylic acids is 2. The third-order valence-electron chi connectivity index (χ3n) is 5.15. The van der Waals surface area contributed by atoms with Crippen molar-refractivity contribution in [3.8, 4) is 5.69 Å². The highest BCUT2D eigenvalue weighted by atomic mass is 16.4. The minimum Gasteiger partial charge on any atom is -0.481 e. The van der Waals surface area contributed by atoms with Crippen LogP contribution in [0, 0.1) is 13.8 Å². The number of carboxylic acid groups (broad SMARTS) is 1. The quantitative estimate of drug-likeness (QED) is 0.812. The second-order valence-corrected chi connectivity index (χ2v) is 6.97. The number of aliphatic carboxylic acids is 1. The number of benzene rings is 1. The maximum absolute atomic E-state index is 12.7. The van der Waals surface area contributed by atoms with Crippen molar-refractivity contribution in [3.05, 3.63) is 46.8 Å². The number of amides is 2. The number of rotatable bonds is 5. The second kappa shape index (κ2) is 7.84. The first-order chi connectivity index (χ1) is 13.3. The first-order valence-electron chi connectivity index (χ1n) is 9.25. The molecular weight excluding hydrogens is 360 g/mol. The molecule has 2 N–H and O–H groups in total. The van der Waals surface area contributed by atoms with Crippen LogP contribution in [0.1, 0.15) is 40.7 Å². The molecule has 1 fully saturated rings. The van der Waals surface area contributed by atoms with Crippen LogP contribution in [0.2, 0.25) is 0 Å². The van der Waals surface area contributed by atoms with E-state index in [-0.39, 0.29) is 18.2 Å². The van der Waals surface area contributed by atoms with Crippen LogP contribution in [0.3, 0.4) is 0 Å². The van der Waals surface area contributed by atoms with E-state index in [1.165, 1.54) is 0 Å². The van der Waals surface area contributed by atoms with Crippen LogP contribution in [0.15, 0.2) is 24.3 Å². The molecule has 8 nitrogen and oxygen atoms in total. The minimum atomic E-state index is -0.838. The molecule has 8 heteroatoms. The Labute approximate surface area is 163 Å². The van der Waals surface area contributed by atoms with Gasteiger partial charge in [0, 0.05) is 30.8 Å². The Balaban J connectivity index is 1.81. The molecule has 1 atom stereocenters. The van der Waals surface area contributed by atoms with Gasteiger partial charge in [0.2, 0.25) is 5.91 Å². The molecule has 1 aliphatic rings. The molecule has 1 unspecified atom stereocenters. The maximum Gasteiger partial charge on any atom is 0.303 e. The average molecular weight is 384 g/mol. The predicted molar refractivity (Wildman–Crippen MR) is 103 cm³/mol. The van der Waals surface area contributed by atoms with E-state index in [0.717, 1.165) is 22.6 Å². The molecule has 1 saturated heterocycles. The summed E-state index contributed by atoms with van der Waals surface area (Å²) in [5.74, 6) is -1.16. The summed E-state index contributed by atoms with van der Waals surface area (Å²) >= 11 is 0. The maximum atomic E-state index is 12.7. The Kier molecular flexibility index (Phi) is 5.48. The number of hydrogen-bond acceptors (Lipinski definition) is 4. The monoisotopic (exact) mass is 384 g/mol. The molecule has 2 heterocycles. The van der Waals surface area contributed by atoms with Gasteiger partial charge < -0.3 is 15.3 Å². The van der Waals surface area contributed by atoms with E-state index in [4.69, 9.17) is 5.11 Å². The van der Waals surface area contributed by atoms with Crippen molar-refractivity contribution in [1.82, 2.24) is 20.0 Å². The smallest absolute Gasteiger partial charge is 0.303 e. The molecular formula is C20H24N4O4. The van der Waals surface area contributed by atoms with Crippen LogP contribution < -0.4 is 5.32 Å². The van der Waals surface area contributed by atoms with Crippen LogP contribution in [-0.2, 0) is 16.0 Å². The highest BCUT2D eigenvalue weighted by Crippen LogP contribution is 2.20. The van der Waals surface area contributed by atoms with E-state index in [9.17, 15) is 14.4 Å². The predicted octanol–water partition coefficient (Wildman–Crippen LogP) is 1.47. The Bertz CT molecular complexity index is 917. The number of carbonyl (C=O) groups is 3. The summed E-state index contributed by atoms with van der Waals surface area (Å²) in [7, 11) is 0. The Hall–Kier alpha value is -3.16. The fraction of sp³-hybridized carbons (Fsp3) is 0.400. The van der Waals surface area contributed by atoms with Crippen molar-refractivity contribution < 1.29 is 19.5 Å². The second-order valence-electron chi connectivity index (χ2n) is 6.97. The summed E-state index contributed by atoms with van der Waals surface area (Å²) in [6, 6.07) is 6.58. The first-order valence-corrected chi connectivity index (χ1v) is 9.25. The SMILES string of the molecule is Cc1nn(-c2ccc(C(=O)N3CCNC(=O)C3C)cc2)c(C)c1CCC(=O)O. The fourth-order valence-electron chi connectivity index (χ4n) is 3.49. The zero-order chi connectivity index (χ0) is 20.4. The number of nitrogens with zero attached hydrogens (tertiary/aromatic N) is 3. The number of aryl methyl sites for hydroxylation is 1. The van der Waals surface area contributed by atoms with Gasteiger partial charge >= 0.3 is 5.97 Å². The number of carboxylic acids is 1. The zero-order valence-corrected chi connectivity index (χ0v) is 16.2. The van der Waals surface area contributed by atoms with Crippen LogP contribution in [0.25, 0.3) is 5.69 Å². The lowest BCUT2D eigenvalue weighted by atomic mass is 10.1. The minimum absolute atomic E-state index is 0.0579. The van der Waals surface area contributed by atoms with Gasteiger partial charge in [0.25, 0.3) is 5.91 Å². The highest BCUT2D eigenvalue weighted by molar-refractivity contribution is 5.98. The Morgan fingerprint density at radius 2 is 1.93 bits per heavy atom. The molecule has 0 saturated carbocycles. The summed E-state index contributed by atoms with van der Waals surface area (Å²) < 4.78 is 1.76. The van der Waals surface area contributed by atoms with Gasteiger partial charge in [-0.2, -0.15) is 5.10 Å². The fourth-order valence-corrected chi connectivity index (χ4v) is 3.49. The van der Waals surface area contributed by atoms with Crippen LogP contribution in [-0.4, -0.2) is 56.7 Å². The molecule has 2 amide bonds. The molecule has 0 aliphatic carbocycles. The normalized spacial score (nSPS) is 16.8. The Morgan fingerprint density at radius 1 is 1.25 bits per heavy atom. The lowest BCUT2D eigenvalue weighted by Gasteiger charge is -2.32. The molecule has 3 rings (SSSR count). The number of piperazine rings is 1. The van der Waals surface area contributed by atoms with Gasteiger partial charge in [-0.05, 0) is 57.0 Å². The van der Waals surface area contributed by atoms with Gasteiger partial charge in [-0.25, -0.2) is 4.68 Å². The molecule has 1 aliphatic heterocycles. The largest absolute Gasteiger partial charge is 0.481 e. The van der Waals surface area contributed by atoms with Gasteiger partial charge in [0.05, 0.1) is 11.4 Å². The summed E-state index contributed by atoms with van der Waals surface area (Å²) in [6.07, 6.45) is 0.487. The third kappa shape index (κ3) is 3.76. The summed E-state index contributed by atoms with van der Waals surface area (Å²) in [5, 5.41) is 16.2. The molecule has 2 aromatic rings. The summed E-state index contributed by atoms with van der Waals surface area (Å²) in [6.45, 7) is 6.43. The zero-order valence-electron chi connectivity index (χ0n) is 16.2. The van der Waals surface area contributed by atoms with E-state index in [2.05, 4.69) is 10.4 Å². The molecule has 1 aromatic heterocycles. The topological polar surface area (TPSA) is 105 Å². The Morgan fingerprint density at radius 3 is 2.57 bits per heavy atom.